The minimum absolute atomic E-state index is 0.234. The van der Waals surface area contributed by atoms with Crippen LogP contribution in [0.15, 0.2) is 0 Å². The maximum atomic E-state index is 12.0. The van der Waals surface area contributed by atoms with Crippen molar-refractivity contribution in [3.8, 4) is 0 Å². The van der Waals surface area contributed by atoms with Crippen LogP contribution in [0.3, 0.4) is 0 Å². The molecule has 0 bridgehead atoms. The molecule has 0 aliphatic carbocycles. The molecule has 0 saturated carbocycles. The zero-order valence-electron chi connectivity index (χ0n) is 6.92. The number of aliphatic carboxylic acids is 1. The van der Waals surface area contributed by atoms with Crippen molar-refractivity contribution < 1.29 is 22.8 Å². The average molecular weight is 196 g/mol. The van der Waals surface area contributed by atoms with Gasteiger partial charge in [0.15, 0.2) is 0 Å². The lowest BCUT2D eigenvalue weighted by atomic mass is 9.91. The summed E-state index contributed by atoms with van der Waals surface area (Å²) in [5.74, 6) is -1.16. The predicted molar refractivity (Wildman–Crippen MR) is 41.3 cm³/mol. The Kier molecular flexibility index (Phi) is 2.85. The molecule has 1 saturated heterocycles. The molecule has 0 spiro atoms. The Bertz CT molecular complexity index is 209. The smallest absolute Gasteiger partial charge is 0.480 e. The Labute approximate surface area is 73.6 Å². The highest BCUT2D eigenvalue weighted by molar-refractivity contribution is 6.58. The first-order valence-electron chi connectivity index (χ1n) is 4.08. The topological polar surface area (TPSA) is 40.5 Å². The van der Waals surface area contributed by atoms with E-state index in [9.17, 15) is 17.7 Å². The van der Waals surface area contributed by atoms with E-state index in [0.717, 1.165) is 4.90 Å². The van der Waals surface area contributed by atoms with Crippen molar-refractivity contribution in [2.24, 2.45) is 0 Å². The average Bonchev–Trinajstić information content (AvgIpc) is 2.31. The number of rotatable bonds is 3. The molecule has 0 amide bonds. The van der Waals surface area contributed by atoms with E-state index in [2.05, 4.69) is 0 Å². The molecule has 7 heteroatoms. The molecule has 1 fully saturated rings. The number of nitrogens with zero attached hydrogens (tertiary/aromatic N) is 1. The third-order valence-electron chi connectivity index (χ3n) is 2.09. The first kappa shape index (κ1) is 10.4. The van der Waals surface area contributed by atoms with E-state index in [1.54, 1.807) is 0 Å². The zero-order chi connectivity index (χ0) is 10.1. The standard InChI is InChI=1S/C6H10BF3NO2/c8-7(9,10)4-11-3-1-2-5(11)6(12)13/h5H,1-4H2,(H,12,13)/q-1/t5-/m1/s1. The van der Waals surface area contributed by atoms with Gasteiger partial charge in [0.2, 0.25) is 0 Å². The number of carbonyl (C=O) groups is 1. The van der Waals surface area contributed by atoms with Crippen LogP contribution in [0.5, 0.6) is 0 Å². The van der Waals surface area contributed by atoms with E-state index in [1.165, 1.54) is 0 Å². The predicted octanol–water partition coefficient (Wildman–Crippen LogP) is 0.922. The first-order chi connectivity index (χ1) is 5.90. The van der Waals surface area contributed by atoms with Gasteiger partial charge in [0, 0.05) is 0 Å². The molecule has 76 valence electrons. The summed E-state index contributed by atoms with van der Waals surface area (Å²) in [7, 11) is 0. The molecule has 1 aliphatic rings. The third kappa shape index (κ3) is 2.91. The highest BCUT2D eigenvalue weighted by Gasteiger charge is 2.35. The third-order valence-corrected chi connectivity index (χ3v) is 2.09. The Morgan fingerprint density at radius 2 is 2.15 bits per heavy atom. The monoisotopic (exact) mass is 196 g/mol. The van der Waals surface area contributed by atoms with Crippen molar-refractivity contribution in [3.05, 3.63) is 0 Å². The minimum Gasteiger partial charge on any atom is -0.480 e. The number of halogens is 3. The molecular formula is C6H10BF3NO2-. The van der Waals surface area contributed by atoms with E-state index in [4.69, 9.17) is 5.11 Å². The highest BCUT2D eigenvalue weighted by Crippen LogP contribution is 2.21. The summed E-state index contributed by atoms with van der Waals surface area (Å²) < 4.78 is 35.9. The molecule has 0 aromatic rings. The molecule has 0 radical (unpaired) electrons. The minimum atomic E-state index is -4.91. The number of carboxylic acids is 1. The Morgan fingerprint density at radius 3 is 2.62 bits per heavy atom. The van der Waals surface area contributed by atoms with Crippen LogP contribution in [-0.4, -0.2) is 42.0 Å². The van der Waals surface area contributed by atoms with Crippen LogP contribution in [0.4, 0.5) is 12.9 Å². The second-order valence-electron chi connectivity index (χ2n) is 3.20. The van der Waals surface area contributed by atoms with Crippen LogP contribution in [0.25, 0.3) is 0 Å². The molecule has 1 heterocycles. The fraction of sp³-hybridized carbons (Fsp3) is 0.833. The second kappa shape index (κ2) is 3.57. The zero-order valence-corrected chi connectivity index (χ0v) is 6.92. The molecule has 0 aromatic heterocycles. The summed E-state index contributed by atoms with van der Waals surface area (Å²) in [6.07, 6.45) is -0.207. The van der Waals surface area contributed by atoms with E-state index in [1.807, 2.05) is 0 Å². The van der Waals surface area contributed by atoms with Gasteiger partial charge in [-0.25, -0.2) is 0 Å². The lowest BCUT2D eigenvalue weighted by molar-refractivity contribution is -0.141. The van der Waals surface area contributed by atoms with Gasteiger partial charge in [0.25, 0.3) is 0 Å². The largest absolute Gasteiger partial charge is 0.492 e. The van der Waals surface area contributed by atoms with Gasteiger partial charge in [-0.2, -0.15) is 0 Å². The second-order valence-corrected chi connectivity index (χ2v) is 3.20. The maximum absolute atomic E-state index is 12.0. The molecule has 1 aliphatic heterocycles. The molecule has 3 nitrogen and oxygen atoms in total. The quantitative estimate of drug-likeness (QED) is 0.682. The normalized spacial score (nSPS) is 25.0. The fourth-order valence-electron chi connectivity index (χ4n) is 1.59. The summed E-state index contributed by atoms with van der Waals surface area (Å²) in [6, 6.07) is -0.941. The summed E-state index contributed by atoms with van der Waals surface area (Å²) in [6.45, 7) is -4.68. The van der Waals surface area contributed by atoms with Gasteiger partial charge in [-0.1, -0.05) is 0 Å². The molecule has 1 rings (SSSR count). The van der Waals surface area contributed by atoms with Gasteiger partial charge < -0.3 is 23.0 Å². The molecule has 0 aromatic carbocycles. The molecule has 0 unspecified atom stereocenters. The molecule has 1 N–H and O–H groups in total. The lowest BCUT2D eigenvalue weighted by Crippen LogP contribution is -2.44. The Hall–Kier alpha value is -0.715. The number of likely N-dealkylation sites (tertiary alicyclic amines) is 1. The van der Waals surface area contributed by atoms with Gasteiger partial charge in [-0.05, 0) is 25.8 Å². The molecule has 13 heavy (non-hydrogen) atoms. The van der Waals surface area contributed by atoms with E-state index < -0.39 is 25.4 Å². The SMILES string of the molecule is O=C(O)[C@H]1CCCN1C[B-](F)(F)F. The van der Waals surface area contributed by atoms with E-state index >= 15 is 0 Å². The van der Waals surface area contributed by atoms with Gasteiger partial charge in [-0.3, -0.25) is 4.79 Å². The van der Waals surface area contributed by atoms with E-state index in [0.29, 0.717) is 12.8 Å². The van der Waals surface area contributed by atoms with Gasteiger partial charge in [0.05, 0.1) is 0 Å². The fourth-order valence-corrected chi connectivity index (χ4v) is 1.59. The first-order valence-corrected chi connectivity index (χ1v) is 4.08. The van der Waals surface area contributed by atoms with Crippen LogP contribution >= 0.6 is 0 Å². The number of hydrogen-bond donors (Lipinski definition) is 1. The van der Waals surface area contributed by atoms with Crippen LogP contribution < -0.4 is 0 Å². The molecule has 1 atom stereocenters. The van der Waals surface area contributed by atoms with Crippen molar-refractivity contribution in [1.29, 1.82) is 0 Å². The van der Waals surface area contributed by atoms with Crippen molar-refractivity contribution in [2.75, 3.05) is 13.0 Å². The van der Waals surface area contributed by atoms with Crippen molar-refractivity contribution in [3.63, 3.8) is 0 Å². The van der Waals surface area contributed by atoms with Gasteiger partial charge in [-0.15, -0.1) is 0 Å². The highest BCUT2D eigenvalue weighted by atomic mass is 19.4. The van der Waals surface area contributed by atoms with Crippen LogP contribution in [0.2, 0.25) is 0 Å². The van der Waals surface area contributed by atoms with Crippen molar-refractivity contribution in [1.82, 2.24) is 4.90 Å². The summed E-state index contributed by atoms with van der Waals surface area (Å²) in [4.78, 5) is 11.5. The number of carboxylic acid groups (broad SMARTS) is 1. The van der Waals surface area contributed by atoms with Crippen LogP contribution in [0.1, 0.15) is 12.8 Å². The van der Waals surface area contributed by atoms with Crippen molar-refractivity contribution >= 4 is 12.9 Å². The van der Waals surface area contributed by atoms with Crippen LogP contribution in [-0.2, 0) is 4.79 Å². The lowest BCUT2D eigenvalue weighted by Gasteiger charge is -2.26. The summed E-state index contributed by atoms with van der Waals surface area (Å²) >= 11 is 0. The van der Waals surface area contributed by atoms with Crippen LogP contribution in [0, 0.1) is 0 Å². The Morgan fingerprint density at radius 1 is 1.54 bits per heavy atom. The Balaban J connectivity index is 2.54. The van der Waals surface area contributed by atoms with Gasteiger partial charge >= 0.3 is 12.9 Å². The van der Waals surface area contributed by atoms with E-state index in [-0.39, 0.29) is 6.54 Å². The summed E-state index contributed by atoms with van der Waals surface area (Å²) in [5, 5.41) is 8.58. The molecular weight excluding hydrogens is 186 g/mol. The number of hydrogen-bond acceptors (Lipinski definition) is 2. The summed E-state index contributed by atoms with van der Waals surface area (Å²) in [5.41, 5.74) is 0. The van der Waals surface area contributed by atoms with Crippen molar-refractivity contribution in [2.45, 2.75) is 18.9 Å². The van der Waals surface area contributed by atoms with Gasteiger partial charge in [0.1, 0.15) is 6.04 Å². The maximum Gasteiger partial charge on any atom is 0.492 e.